The number of amides is 1. The van der Waals surface area contributed by atoms with Crippen molar-refractivity contribution >= 4 is 45.5 Å². The quantitative estimate of drug-likeness (QED) is 0.408. The van der Waals surface area contributed by atoms with Crippen LogP contribution >= 0.6 is 23.1 Å². The first-order valence-electron chi connectivity index (χ1n) is 7.67. The van der Waals surface area contributed by atoms with Crippen LogP contribution in [0.4, 0.5) is 16.5 Å². The second-order valence-corrected chi connectivity index (χ2v) is 7.50. The third kappa shape index (κ3) is 5.13. The van der Waals surface area contributed by atoms with Gasteiger partial charge in [0.25, 0.3) is 5.69 Å². The Labute approximate surface area is 153 Å². The molecule has 2 rings (SSSR count). The van der Waals surface area contributed by atoms with Crippen molar-refractivity contribution < 1.29 is 9.72 Å². The number of nitrogens with one attached hydrogen (secondary N) is 2. The van der Waals surface area contributed by atoms with Crippen LogP contribution in [0.15, 0.2) is 16.5 Å². The summed E-state index contributed by atoms with van der Waals surface area (Å²) in [6.07, 6.45) is 0.985. The number of aryl methyl sites for hydroxylation is 1. The highest BCUT2D eigenvalue weighted by Crippen LogP contribution is 2.31. The molecule has 8 nitrogen and oxygen atoms in total. The third-order valence-corrected chi connectivity index (χ3v) is 5.45. The lowest BCUT2D eigenvalue weighted by atomic mass is 10.1. The van der Waals surface area contributed by atoms with Crippen molar-refractivity contribution in [3.8, 4) is 0 Å². The Morgan fingerprint density at radius 2 is 2.12 bits per heavy atom. The smallest absolute Gasteiger partial charge is 0.293 e. The molecule has 0 saturated heterocycles. The molecule has 0 spiro atoms. The van der Waals surface area contributed by atoms with Crippen molar-refractivity contribution in [1.82, 2.24) is 10.2 Å². The number of rotatable bonds is 8. The minimum Gasteiger partial charge on any atom is -0.360 e. The molecule has 0 unspecified atom stereocenters. The molecule has 0 saturated carbocycles. The molecule has 0 bridgehead atoms. The molecule has 10 heteroatoms. The lowest BCUT2D eigenvalue weighted by Gasteiger charge is -2.10. The maximum absolute atomic E-state index is 12.2. The highest BCUT2D eigenvalue weighted by Gasteiger charge is 2.19. The van der Waals surface area contributed by atoms with Crippen molar-refractivity contribution in [3.63, 3.8) is 0 Å². The van der Waals surface area contributed by atoms with E-state index in [4.69, 9.17) is 0 Å². The summed E-state index contributed by atoms with van der Waals surface area (Å²) >= 11 is 2.63. The molecule has 0 aliphatic carbocycles. The molecule has 0 radical (unpaired) electrons. The van der Waals surface area contributed by atoms with Gasteiger partial charge in [-0.15, -0.1) is 10.2 Å². The number of nitrogens with zero attached hydrogens (tertiary/aromatic N) is 3. The van der Waals surface area contributed by atoms with E-state index in [2.05, 4.69) is 27.8 Å². The number of carbonyl (C=O) groups excluding carboxylic acids is 1. The summed E-state index contributed by atoms with van der Waals surface area (Å²) in [7, 11) is 0. The van der Waals surface area contributed by atoms with Crippen LogP contribution in [0.25, 0.3) is 0 Å². The highest BCUT2D eigenvalue weighted by molar-refractivity contribution is 8.01. The molecule has 134 valence electrons. The van der Waals surface area contributed by atoms with Gasteiger partial charge in [-0.3, -0.25) is 14.9 Å². The van der Waals surface area contributed by atoms with Crippen molar-refractivity contribution in [2.24, 2.45) is 0 Å². The van der Waals surface area contributed by atoms with Crippen LogP contribution in [0.1, 0.15) is 24.5 Å². The van der Waals surface area contributed by atoms with Crippen LogP contribution in [0.3, 0.4) is 0 Å². The zero-order valence-corrected chi connectivity index (χ0v) is 15.8. The summed E-state index contributed by atoms with van der Waals surface area (Å²) in [6.45, 7) is 6.47. The highest BCUT2D eigenvalue weighted by atomic mass is 32.2. The number of nitro benzene ring substituents is 1. The van der Waals surface area contributed by atoms with Gasteiger partial charge in [-0.2, -0.15) is 0 Å². The van der Waals surface area contributed by atoms with E-state index in [1.165, 1.54) is 29.2 Å². The number of anilines is 2. The Hall–Kier alpha value is -2.20. The van der Waals surface area contributed by atoms with Crippen LogP contribution in [0.5, 0.6) is 0 Å². The Morgan fingerprint density at radius 3 is 2.80 bits per heavy atom. The topological polar surface area (TPSA) is 110 Å². The lowest BCUT2D eigenvalue weighted by Crippen LogP contribution is -2.16. The van der Waals surface area contributed by atoms with Gasteiger partial charge in [0.1, 0.15) is 5.69 Å². The van der Waals surface area contributed by atoms with E-state index >= 15 is 0 Å². The monoisotopic (exact) mass is 381 g/mol. The van der Waals surface area contributed by atoms with Crippen LogP contribution in [-0.4, -0.2) is 33.3 Å². The van der Waals surface area contributed by atoms with Crippen molar-refractivity contribution in [1.29, 1.82) is 0 Å². The van der Waals surface area contributed by atoms with Crippen molar-refractivity contribution in [2.75, 3.05) is 22.9 Å². The number of hydrogen-bond donors (Lipinski definition) is 2. The zero-order valence-electron chi connectivity index (χ0n) is 14.2. The van der Waals surface area contributed by atoms with Gasteiger partial charge in [-0.25, -0.2) is 0 Å². The van der Waals surface area contributed by atoms with E-state index < -0.39 is 4.92 Å². The largest absolute Gasteiger partial charge is 0.360 e. The Morgan fingerprint density at radius 1 is 1.36 bits per heavy atom. The molecule has 1 amide bonds. The normalized spacial score (nSPS) is 10.5. The number of benzene rings is 1. The Balaban J connectivity index is 2.00. The van der Waals surface area contributed by atoms with Crippen LogP contribution in [0.2, 0.25) is 0 Å². The lowest BCUT2D eigenvalue weighted by molar-refractivity contribution is -0.384. The standard InChI is InChI=1S/C15H19N5O3S2/c1-4-7-16-14-18-19-15(25-14)24-8-12(21)17-13-10(3)9(2)5-6-11(13)20(22)23/h5-6H,4,7-8H2,1-3H3,(H,16,18)(H,17,21). The summed E-state index contributed by atoms with van der Waals surface area (Å²) < 4.78 is 0.671. The number of thioether (sulfide) groups is 1. The number of nitro groups is 1. The molecule has 1 heterocycles. The van der Waals surface area contributed by atoms with Crippen LogP contribution < -0.4 is 10.6 Å². The van der Waals surface area contributed by atoms with E-state index in [1.54, 1.807) is 13.0 Å². The molecule has 0 fully saturated rings. The first kappa shape index (κ1) is 19.1. The van der Waals surface area contributed by atoms with Gasteiger partial charge in [-0.05, 0) is 31.4 Å². The van der Waals surface area contributed by atoms with E-state index in [9.17, 15) is 14.9 Å². The van der Waals surface area contributed by atoms with Crippen molar-refractivity contribution in [2.45, 2.75) is 31.5 Å². The van der Waals surface area contributed by atoms with Gasteiger partial charge in [-0.1, -0.05) is 36.1 Å². The maximum Gasteiger partial charge on any atom is 0.293 e. The van der Waals surface area contributed by atoms with Gasteiger partial charge in [0.05, 0.1) is 10.7 Å². The average molecular weight is 381 g/mol. The van der Waals surface area contributed by atoms with Crippen molar-refractivity contribution in [3.05, 3.63) is 33.4 Å². The third-order valence-electron chi connectivity index (χ3n) is 3.43. The van der Waals surface area contributed by atoms with E-state index in [0.29, 0.717) is 9.90 Å². The molecule has 1 aromatic heterocycles. The van der Waals surface area contributed by atoms with Crippen LogP contribution in [0, 0.1) is 24.0 Å². The van der Waals surface area contributed by atoms with Crippen LogP contribution in [-0.2, 0) is 4.79 Å². The zero-order chi connectivity index (χ0) is 18.4. The second kappa shape index (κ2) is 8.77. The second-order valence-electron chi connectivity index (χ2n) is 5.30. The fourth-order valence-electron chi connectivity index (χ4n) is 1.99. The van der Waals surface area contributed by atoms with Gasteiger partial charge in [0.15, 0.2) is 4.34 Å². The van der Waals surface area contributed by atoms with Gasteiger partial charge >= 0.3 is 0 Å². The fraction of sp³-hybridized carbons (Fsp3) is 0.400. The molecule has 0 aliphatic heterocycles. The number of aromatic nitrogens is 2. The summed E-state index contributed by atoms with van der Waals surface area (Å²) in [4.78, 5) is 22.9. The fourth-order valence-corrected chi connectivity index (χ4v) is 3.56. The summed E-state index contributed by atoms with van der Waals surface area (Å²) in [6, 6.07) is 3.07. The summed E-state index contributed by atoms with van der Waals surface area (Å²) in [5, 5.41) is 25.7. The molecular formula is C15H19N5O3S2. The van der Waals surface area contributed by atoms with Gasteiger partial charge in [0.2, 0.25) is 11.0 Å². The molecule has 1 aromatic carbocycles. The van der Waals surface area contributed by atoms with E-state index in [-0.39, 0.29) is 23.0 Å². The molecule has 2 N–H and O–H groups in total. The average Bonchev–Trinajstić information content (AvgIpc) is 3.03. The SMILES string of the molecule is CCCNc1nnc(SCC(=O)Nc2c([N+](=O)[O-])ccc(C)c2C)s1. The number of carbonyl (C=O) groups is 1. The molecule has 0 aliphatic rings. The molecule has 0 atom stereocenters. The van der Waals surface area contributed by atoms with E-state index in [1.807, 2.05) is 6.92 Å². The maximum atomic E-state index is 12.2. The predicted octanol–water partition coefficient (Wildman–Crippen LogP) is 3.62. The summed E-state index contributed by atoms with van der Waals surface area (Å²) in [5.74, 6) is -0.215. The minimum atomic E-state index is -0.494. The Kier molecular flexibility index (Phi) is 6.71. The van der Waals surface area contributed by atoms with Gasteiger partial charge in [0, 0.05) is 12.6 Å². The predicted molar refractivity (Wildman–Crippen MR) is 101 cm³/mol. The molecular weight excluding hydrogens is 362 g/mol. The number of hydrogen-bond acceptors (Lipinski definition) is 8. The Bertz CT molecular complexity index is 779. The molecule has 25 heavy (non-hydrogen) atoms. The van der Waals surface area contributed by atoms with Gasteiger partial charge < -0.3 is 10.6 Å². The summed E-state index contributed by atoms with van der Waals surface area (Å²) in [5.41, 5.74) is 1.71. The molecule has 2 aromatic rings. The first-order valence-corrected chi connectivity index (χ1v) is 9.47. The minimum absolute atomic E-state index is 0.104. The first-order chi connectivity index (χ1) is 11.9. The van der Waals surface area contributed by atoms with E-state index in [0.717, 1.165) is 23.7 Å².